The van der Waals surface area contributed by atoms with Crippen LogP contribution in [0.3, 0.4) is 0 Å². The molecule has 3 nitrogen and oxygen atoms in total. The molecule has 0 radical (unpaired) electrons. The normalized spacial score (nSPS) is 19.9. The van der Waals surface area contributed by atoms with E-state index in [1.165, 1.54) is 64.2 Å². The summed E-state index contributed by atoms with van der Waals surface area (Å²) in [5, 5.41) is 11.5. The molecule has 1 atom stereocenters. The van der Waals surface area contributed by atoms with Gasteiger partial charge in [-0.2, -0.15) is 0 Å². The average Bonchev–Trinajstić information content (AvgIpc) is 2.75. The second kappa shape index (κ2) is 9.88. The summed E-state index contributed by atoms with van der Waals surface area (Å²) >= 11 is 1.92. The lowest BCUT2D eigenvalue weighted by Crippen LogP contribution is -2.19. The van der Waals surface area contributed by atoms with E-state index in [2.05, 4.69) is 0 Å². The molecular weight excluding hydrogens is 380 g/mol. The van der Waals surface area contributed by atoms with Gasteiger partial charge in [-0.1, -0.05) is 81.7 Å². The maximum Gasteiger partial charge on any atom is 0.344 e. The molecule has 1 aromatic carbocycles. The van der Waals surface area contributed by atoms with E-state index in [1.54, 1.807) is 6.07 Å². The summed E-state index contributed by atoms with van der Waals surface area (Å²) in [6.45, 7) is 0. The molecule has 1 unspecified atom stereocenters. The zero-order valence-corrected chi connectivity index (χ0v) is 18.0. The lowest BCUT2D eigenvalue weighted by molar-refractivity contribution is 0.332. The maximum absolute atomic E-state index is 13.0. The third-order valence-corrected chi connectivity index (χ3v) is 8.14. The molecule has 2 aliphatic carbocycles. The van der Waals surface area contributed by atoms with Crippen LogP contribution in [0.25, 0.3) is 11.3 Å². The lowest BCUT2D eigenvalue weighted by atomic mass is 9.85. The third kappa shape index (κ3) is 5.28. The summed E-state index contributed by atoms with van der Waals surface area (Å²) in [5.74, 6) is 1.19. The zero-order valence-electron chi connectivity index (χ0n) is 17.1. The molecule has 0 saturated heterocycles. The standard InChI is InChI=1S/C25H32O3S/c26-21-17-22(19-12-6-2-7-13-19)28-25(27)24(21)23(16-18-10-4-1-5-11-18)29-20-14-8-3-9-15-20/h2,6-7,12-13,17-18,20,23,26H,1,3-5,8-11,14-16H2. The van der Waals surface area contributed by atoms with Gasteiger partial charge in [0.05, 0.1) is 5.56 Å². The van der Waals surface area contributed by atoms with Gasteiger partial charge in [0.1, 0.15) is 11.5 Å². The molecule has 1 heterocycles. The lowest BCUT2D eigenvalue weighted by Gasteiger charge is -2.30. The van der Waals surface area contributed by atoms with Crippen molar-refractivity contribution in [2.75, 3.05) is 0 Å². The Kier molecular flexibility index (Phi) is 7.02. The largest absolute Gasteiger partial charge is 0.507 e. The van der Waals surface area contributed by atoms with Crippen LogP contribution < -0.4 is 5.63 Å². The van der Waals surface area contributed by atoms with Crippen LogP contribution in [-0.4, -0.2) is 10.4 Å². The van der Waals surface area contributed by atoms with Gasteiger partial charge in [0, 0.05) is 22.1 Å². The van der Waals surface area contributed by atoms with Crippen LogP contribution in [0.1, 0.15) is 81.4 Å². The Hall–Kier alpha value is -1.68. The smallest absolute Gasteiger partial charge is 0.344 e. The summed E-state index contributed by atoms with van der Waals surface area (Å²) in [4.78, 5) is 13.0. The van der Waals surface area contributed by atoms with E-state index in [4.69, 9.17) is 4.42 Å². The fraction of sp³-hybridized carbons (Fsp3) is 0.560. The molecule has 0 aliphatic heterocycles. The first-order chi connectivity index (χ1) is 14.2. The van der Waals surface area contributed by atoms with Gasteiger partial charge in [-0.05, 0) is 25.2 Å². The highest BCUT2D eigenvalue weighted by atomic mass is 32.2. The van der Waals surface area contributed by atoms with E-state index in [9.17, 15) is 9.90 Å². The van der Waals surface area contributed by atoms with Gasteiger partial charge in [0.25, 0.3) is 0 Å². The molecule has 2 saturated carbocycles. The van der Waals surface area contributed by atoms with Gasteiger partial charge in [0.15, 0.2) is 0 Å². The molecule has 156 valence electrons. The zero-order chi connectivity index (χ0) is 20.1. The second-order valence-corrected chi connectivity index (χ2v) is 10.2. The van der Waals surface area contributed by atoms with E-state index in [0.717, 1.165) is 12.0 Å². The van der Waals surface area contributed by atoms with Gasteiger partial charge in [0.2, 0.25) is 0 Å². The molecule has 2 fully saturated rings. The summed E-state index contributed by atoms with van der Waals surface area (Å²) < 4.78 is 5.71. The minimum absolute atomic E-state index is 0.0299. The SMILES string of the molecule is O=c1oc(-c2ccccc2)cc(O)c1C(CC1CCCCC1)SC1CCCCC1. The quantitative estimate of drug-likeness (QED) is 0.550. The van der Waals surface area contributed by atoms with Crippen molar-refractivity contribution in [1.82, 2.24) is 0 Å². The second-order valence-electron chi connectivity index (χ2n) is 8.69. The third-order valence-electron chi connectivity index (χ3n) is 6.53. The molecule has 4 heteroatoms. The monoisotopic (exact) mass is 412 g/mol. The van der Waals surface area contributed by atoms with E-state index in [-0.39, 0.29) is 16.6 Å². The van der Waals surface area contributed by atoms with Gasteiger partial charge >= 0.3 is 5.63 Å². The highest BCUT2D eigenvalue weighted by Gasteiger charge is 2.29. The molecule has 4 rings (SSSR count). The number of aromatic hydroxyl groups is 1. The Labute approximate surface area is 177 Å². The molecule has 0 spiro atoms. The number of hydrogen-bond donors (Lipinski definition) is 1. The van der Waals surface area contributed by atoms with Crippen LogP contribution in [0.15, 0.2) is 45.6 Å². The molecular formula is C25H32O3S. The maximum atomic E-state index is 13.0. The van der Waals surface area contributed by atoms with Crippen LogP contribution in [0.4, 0.5) is 0 Å². The van der Waals surface area contributed by atoms with Gasteiger partial charge in [-0.3, -0.25) is 0 Å². The summed E-state index contributed by atoms with van der Waals surface area (Å²) in [5.41, 5.74) is 0.939. The first kappa shape index (κ1) is 20.6. The Morgan fingerprint density at radius 2 is 1.62 bits per heavy atom. The van der Waals surface area contributed by atoms with E-state index in [0.29, 0.717) is 22.5 Å². The molecule has 2 aromatic rings. The van der Waals surface area contributed by atoms with Crippen molar-refractivity contribution >= 4 is 11.8 Å². The van der Waals surface area contributed by atoms with Crippen molar-refractivity contribution in [2.24, 2.45) is 5.92 Å². The Bertz CT molecular complexity index is 813. The Morgan fingerprint density at radius 1 is 0.966 bits per heavy atom. The molecule has 1 N–H and O–H groups in total. The van der Waals surface area contributed by atoms with Crippen LogP contribution in [0, 0.1) is 5.92 Å². The highest BCUT2D eigenvalue weighted by molar-refractivity contribution is 8.00. The van der Waals surface area contributed by atoms with Gasteiger partial charge < -0.3 is 9.52 Å². The highest BCUT2D eigenvalue weighted by Crippen LogP contribution is 2.46. The minimum Gasteiger partial charge on any atom is -0.507 e. The first-order valence-electron chi connectivity index (χ1n) is 11.3. The predicted octanol–water partition coefficient (Wildman–Crippen LogP) is 7.09. The summed E-state index contributed by atoms with van der Waals surface area (Å²) in [7, 11) is 0. The molecule has 0 bridgehead atoms. The van der Waals surface area contributed by atoms with Crippen molar-refractivity contribution in [2.45, 2.75) is 81.1 Å². The minimum atomic E-state index is -0.368. The van der Waals surface area contributed by atoms with Crippen molar-refractivity contribution < 1.29 is 9.52 Å². The molecule has 1 aromatic heterocycles. The molecule has 0 amide bonds. The fourth-order valence-electron chi connectivity index (χ4n) is 4.93. The van der Waals surface area contributed by atoms with Crippen molar-refractivity contribution in [3.63, 3.8) is 0 Å². The van der Waals surface area contributed by atoms with E-state index in [1.807, 2.05) is 42.1 Å². The number of hydrogen-bond acceptors (Lipinski definition) is 4. The van der Waals surface area contributed by atoms with Gasteiger partial charge in [-0.25, -0.2) is 4.79 Å². The Morgan fingerprint density at radius 3 is 2.28 bits per heavy atom. The van der Waals surface area contributed by atoms with Gasteiger partial charge in [-0.15, -0.1) is 11.8 Å². The van der Waals surface area contributed by atoms with Crippen LogP contribution in [-0.2, 0) is 0 Å². The summed E-state index contributed by atoms with van der Waals surface area (Å²) in [6.07, 6.45) is 13.7. The molecule has 29 heavy (non-hydrogen) atoms. The fourth-order valence-corrected chi connectivity index (χ4v) is 6.74. The van der Waals surface area contributed by atoms with Crippen molar-refractivity contribution in [3.05, 3.63) is 52.4 Å². The van der Waals surface area contributed by atoms with Crippen LogP contribution in [0.5, 0.6) is 5.75 Å². The Balaban J connectivity index is 1.62. The topological polar surface area (TPSA) is 50.4 Å². The number of rotatable bonds is 6. The predicted molar refractivity (Wildman–Crippen MR) is 120 cm³/mol. The molecule has 2 aliphatic rings. The summed E-state index contributed by atoms with van der Waals surface area (Å²) in [6, 6.07) is 11.2. The van der Waals surface area contributed by atoms with E-state index >= 15 is 0 Å². The first-order valence-corrected chi connectivity index (χ1v) is 12.2. The average molecular weight is 413 g/mol. The van der Waals surface area contributed by atoms with E-state index < -0.39 is 0 Å². The van der Waals surface area contributed by atoms with Crippen molar-refractivity contribution in [1.29, 1.82) is 0 Å². The van der Waals surface area contributed by atoms with Crippen LogP contribution in [0.2, 0.25) is 0 Å². The number of benzene rings is 1. The number of thioether (sulfide) groups is 1. The van der Waals surface area contributed by atoms with Crippen LogP contribution >= 0.6 is 11.8 Å². The van der Waals surface area contributed by atoms with Crippen molar-refractivity contribution in [3.8, 4) is 17.1 Å².